The predicted octanol–water partition coefficient (Wildman–Crippen LogP) is 6.95. The van der Waals surface area contributed by atoms with Crippen LogP contribution in [-0.4, -0.2) is 7.11 Å². The van der Waals surface area contributed by atoms with Crippen molar-refractivity contribution < 1.29 is 13.6 Å². The van der Waals surface area contributed by atoms with Gasteiger partial charge in [-0.05, 0) is 56.0 Å². The lowest BCUT2D eigenvalue weighted by molar-refractivity contribution is 0.415. The summed E-state index contributed by atoms with van der Waals surface area (Å²) in [4.78, 5) is 12.7. The zero-order chi connectivity index (χ0) is 21.3. The Labute approximate surface area is 176 Å². The summed E-state index contributed by atoms with van der Waals surface area (Å²) in [7, 11) is 1.66. The molecule has 4 nitrogen and oxygen atoms in total. The molecule has 0 radical (unpaired) electrons. The maximum absolute atomic E-state index is 12.7. The molecule has 4 heteroatoms. The van der Waals surface area contributed by atoms with Crippen molar-refractivity contribution in [2.45, 2.75) is 52.9 Å². The van der Waals surface area contributed by atoms with Crippen molar-refractivity contribution in [2.75, 3.05) is 7.11 Å². The van der Waals surface area contributed by atoms with Crippen LogP contribution in [0.1, 0.15) is 49.3 Å². The first-order valence-corrected chi connectivity index (χ1v) is 10.7. The van der Waals surface area contributed by atoms with E-state index < -0.39 is 0 Å². The number of rotatable bonds is 7. The molecule has 0 unspecified atom stereocenters. The van der Waals surface area contributed by atoms with Gasteiger partial charge in [-0.15, -0.1) is 0 Å². The van der Waals surface area contributed by atoms with Crippen molar-refractivity contribution in [1.82, 2.24) is 0 Å². The fourth-order valence-electron chi connectivity index (χ4n) is 4.23. The van der Waals surface area contributed by atoms with Gasteiger partial charge >= 0.3 is 5.63 Å². The Hall–Kier alpha value is -3.01. The molecule has 156 valence electrons. The third-order valence-corrected chi connectivity index (χ3v) is 6.00. The topological polar surface area (TPSA) is 52.6 Å². The minimum absolute atomic E-state index is 0.224. The molecule has 4 rings (SSSR count). The van der Waals surface area contributed by atoms with Gasteiger partial charge in [0.15, 0.2) is 0 Å². The third kappa shape index (κ3) is 3.51. The van der Waals surface area contributed by atoms with Gasteiger partial charge < -0.3 is 13.6 Å². The van der Waals surface area contributed by atoms with Crippen molar-refractivity contribution in [3.63, 3.8) is 0 Å². The van der Waals surface area contributed by atoms with E-state index in [2.05, 4.69) is 13.0 Å². The van der Waals surface area contributed by atoms with Crippen LogP contribution in [0.2, 0.25) is 0 Å². The summed E-state index contributed by atoms with van der Waals surface area (Å²) < 4.78 is 17.1. The van der Waals surface area contributed by atoms with Gasteiger partial charge in [-0.3, -0.25) is 0 Å². The molecule has 0 aliphatic carbocycles. The number of fused-ring (bicyclic) bond motifs is 2. The van der Waals surface area contributed by atoms with E-state index in [9.17, 15) is 4.79 Å². The first kappa shape index (κ1) is 20.3. The molecule has 0 spiro atoms. The molecule has 0 saturated heterocycles. The summed E-state index contributed by atoms with van der Waals surface area (Å²) in [6.45, 7) is 6.17. The smallest absolute Gasteiger partial charge is 0.339 e. The summed E-state index contributed by atoms with van der Waals surface area (Å²) in [5.41, 5.74) is 5.84. The Morgan fingerprint density at radius 1 is 0.967 bits per heavy atom. The highest BCUT2D eigenvalue weighted by Crippen LogP contribution is 2.38. The normalized spacial score (nSPS) is 11.5. The highest BCUT2D eigenvalue weighted by molar-refractivity contribution is 6.05. The zero-order valence-corrected chi connectivity index (χ0v) is 18.1. The fraction of sp³-hybridized carbons (Fsp3) is 0.346. The molecular formula is C26H28O4. The lowest BCUT2D eigenvalue weighted by Crippen LogP contribution is -2.10. The molecule has 2 aromatic carbocycles. The Kier molecular flexibility index (Phi) is 5.67. The summed E-state index contributed by atoms with van der Waals surface area (Å²) in [6, 6.07) is 10.0. The van der Waals surface area contributed by atoms with E-state index in [1.165, 1.54) is 12.8 Å². The zero-order valence-electron chi connectivity index (χ0n) is 18.1. The van der Waals surface area contributed by atoms with Gasteiger partial charge in [-0.1, -0.05) is 38.3 Å². The standard InChI is InChI=1S/C26H28O4/c1-5-6-7-8-12-20-16(2)21-14-22-23(18-10-9-11-19(13-18)28-4)15-29-24(22)17(3)25(21)30-26(20)27/h9-11,13-15H,5-8,12H2,1-4H3. The second-order valence-electron chi connectivity index (χ2n) is 7.94. The Balaban J connectivity index is 1.88. The lowest BCUT2D eigenvalue weighted by atomic mass is 9.96. The number of benzene rings is 2. The molecule has 0 aliphatic heterocycles. The average molecular weight is 405 g/mol. The van der Waals surface area contributed by atoms with E-state index in [-0.39, 0.29) is 5.63 Å². The third-order valence-electron chi connectivity index (χ3n) is 6.00. The van der Waals surface area contributed by atoms with Gasteiger partial charge in [0.1, 0.15) is 16.9 Å². The van der Waals surface area contributed by atoms with E-state index in [4.69, 9.17) is 13.6 Å². The molecule has 0 saturated carbocycles. The lowest BCUT2D eigenvalue weighted by Gasteiger charge is -2.10. The van der Waals surface area contributed by atoms with Gasteiger partial charge in [0.05, 0.1) is 13.4 Å². The largest absolute Gasteiger partial charge is 0.497 e. The van der Waals surface area contributed by atoms with Crippen molar-refractivity contribution >= 4 is 21.9 Å². The maximum atomic E-state index is 12.7. The van der Waals surface area contributed by atoms with Gasteiger partial charge in [-0.2, -0.15) is 0 Å². The van der Waals surface area contributed by atoms with Crippen LogP contribution in [-0.2, 0) is 6.42 Å². The van der Waals surface area contributed by atoms with Crippen LogP contribution in [0.4, 0.5) is 0 Å². The van der Waals surface area contributed by atoms with Gasteiger partial charge in [0.25, 0.3) is 0 Å². The molecule has 0 bridgehead atoms. The molecule has 2 aromatic heterocycles. The van der Waals surface area contributed by atoms with Crippen LogP contribution in [0.15, 0.2) is 50.2 Å². The number of furan rings is 1. The van der Waals surface area contributed by atoms with Crippen molar-refractivity contribution in [3.05, 3.63) is 63.7 Å². The summed E-state index contributed by atoms with van der Waals surface area (Å²) in [6.07, 6.45) is 7.03. The second-order valence-corrected chi connectivity index (χ2v) is 7.94. The van der Waals surface area contributed by atoms with E-state index >= 15 is 0 Å². The van der Waals surface area contributed by atoms with E-state index in [0.29, 0.717) is 5.58 Å². The number of hydrogen-bond acceptors (Lipinski definition) is 4. The maximum Gasteiger partial charge on any atom is 0.339 e. The molecule has 0 amide bonds. The van der Waals surface area contributed by atoms with E-state index in [1.807, 2.05) is 38.1 Å². The minimum Gasteiger partial charge on any atom is -0.497 e. The van der Waals surface area contributed by atoms with Gasteiger partial charge in [0, 0.05) is 27.5 Å². The number of methoxy groups -OCH3 is 1. The van der Waals surface area contributed by atoms with Crippen LogP contribution in [0.25, 0.3) is 33.1 Å². The van der Waals surface area contributed by atoms with Crippen LogP contribution in [0.5, 0.6) is 5.75 Å². The Bertz CT molecular complexity index is 1260. The van der Waals surface area contributed by atoms with Gasteiger partial charge in [0.2, 0.25) is 0 Å². The molecule has 2 heterocycles. The van der Waals surface area contributed by atoms with Gasteiger partial charge in [-0.25, -0.2) is 4.79 Å². The first-order valence-electron chi connectivity index (χ1n) is 10.7. The molecule has 0 aliphatic rings. The monoisotopic (exact) mass is 404 g/mol. The number of ether oxygens (including phenoxy) is 1. The van der Waals surface area contributed by atoms with Crippen LogP contribution >= 0.6 is 0 Å². The van der Waals surface area contributed by atoms with Crippen molar-refractivity contribution in [1.29, 1.82) is 0 Å². The molecule has 0 N–H and O–H groups in total. The fourth-order valence-corrected chi connectivity index (χ4v) is 4.23. The van der Waals surface area contributed by atoms with Crippen molar-refractivity contribution in [2.24, 2.45) is 0 Å². The molecule has 30 heavy (non-hydrogen) atoms. The van der Waals surface area contributed by atoms with E-state index in [1.54, 1.807) is 13.4 Å². The predicted molar refractivity (Wildman–Crippen MR) is 122 cm³/mol. The molecule has 4 aromatic rings. The summed E-state index contributed by atoms with van der Waals surface area (Å²) in [5.74, 6) is 0.802. The Morgan fingerprint density at radius 2 is 1.80 bits per heavy atom. The SMILES string of the molecule is CCCCCCc1c(C)c2cc3c(-c4cccc(OC)c4)coc3c(C)c2oc1=O. The van der Waals surface area contributed by atoms with Crippen molar-refractivity contribution in [3.8, 4) is 16.9 Å². The summed E-state index contributed by atoms with van der Waals surface area (Å²) in [5, 5.41) is 2.00. The minimum atomic E-state index is -0.224. The first-order chi connectivity index (χ1) is 14.5. The Morgan fingerprint density at radius 3 is 2.57 bits per heavy atom. The quantitative estimate of drug-likeness (QED) is 0.247. The molecule has 0 fully saturated rings. The molecule has 0 atom stereocenters. The number of hydrogen-bond donors (Lipinski definition) is 0. The average Bonchev–Trinajstić information content (AvgIpc) is 3.18. The highest BCUT2D eigenvalue weighted by Gasteiger charge is 2.19. The molecular weight excluding hydrogens is 376 g/mol. The number of unbranched alkanes of at least 4 members (excludes halogenated alkanes) is 3. The highest BCUT2D eigenvalue weighted by atomic mass is 16.5. The summed E-state index contributed by atoms with van der Waals surface area (Å²) >= 11 is 0. The van der Waals surface area contributed by atoms with Crippen LogP contribution in [0.3, 0.4) is 0 Å². The number of aryl methyl sites for hydroxylation is 2. The van der Waals surface area contributed by atoms with Crippen LogP contribution < -0.4 is 10.4 Å². The van der Waals surface area contributed by atoms with E-state index in [0.717, 1.165) is 69.2 Å². The second kappa shape index (κ2) is 8.39. The van der Waals surface area contributed by atoms with Crippen LogP contribution in [0, 0.1) is 13.8 Å².